The van der Waals surface area contributed by atoms with Gasteiger partial charge in [-0.3, -0.25) is 19.4 Å². The number of primary amides is 1. The van der Waals surface area contributed by atoms with Crippen LogP contribution in [0.4, 0.5) is 13.2 Å². The predicted octanol–water partition coefficient (Wildman–Crippen LogP) is 2.20. The number of carboxylic acid groups (broad SMARTS) is 1. The first-order valence-corrected chi connectivity index (χ1v) is 13.7. The number of halogens is 3. The van der Waals surface area contributed by atoms with E-state index in [0.29, 0.717) is 6.42 Å². The smallest absolute Gasteiger partial charge is 0.475 e. The molecule has 2 atom stereocenters. The Hall–Kier alpha value is -5.40. The van der Waals surface area contributed by atoms with Crippen molar-refractivity contribution in [2.75, 3.05) is 6.54 Å². The number of aliphatic carboxylic acids is 1. The van der Waals surface area contributed by atoms with Crippen molar-refractivity contribution in [2.24, 2.45) is 22.2 Å². The highest BCUT2D eigenvalue weighted by atomic mass is 19.4. The van der Waals surface area contributed by atoms with E-state index in [1.807, 2.05) is 91.0 Å². The zero-order valence-corrected chi connectivity index (χ0v) is 24.1. The minimum absolute atomic E-state index is 0.0556. The van der Waals surface area contributed by atoms with Gasteiger partial charge in [0.15, 0.2) is 5.96 Å². The summed E-state index contributed by atoms with van der Waals surface area (Å²) in [5, 5.41) is 12.7. The summed E-state index contributed by atoms with van der Waals surface area (Å²) in [5.74, 6) is -4.97. The van der Waals surface area contributed by atoms with Gasteiger partial charge in [0.05, 0.1) is 5.92 Å². The van der Waals surface area contributed by atoms with Crippen LogP contribution in [0.15, 0.2) is 96.0 Å². The number of carbonyl (C=O) groups is 4. The lowest BCUT2D eigenvalue weighted by atomic mass is 9.90. The molecule has 3 amide bonds. The van der Waals surface area contributed by atoms with Gasteiger partial charge in [0.1, 0.15) is 12.1 Å². The number of hydrogen-bond acceptors (Lipinski definition) is 5. The van der Waals surface area contributed by atoms with Gasteiger partial charge in [-0.2, -0.15) is 13.2 Å². The van der Waals surface area contributed by atoms with Gasteiger partial charge in [-0.1, -0.05) is 91.0 Å². The second kappa shape index (κ2) is 17.7. The number of alkyl halides is 3. The summed E-state index contributed by atoms with van der Waals surface area (Å²) in [4.78, 5) is 52.1. The van der Waals surface area contributed by atoms with Gasteiger partial charge in [-0.25, -0.2) is 4.79 Å². The number of amides is 3. The van der Waals surface area contributed by atoms with Crippen LogP contribution < -0.4 is 27.8 Å². The van der Waals surface area contributed by atoms with Crippen molar-refractivity contribution >= 4 is 29.7 Å². The Bertz CT molecular complexity index is 1380. The maximum absolute atomic E-state index is 13.7. The van der Waals surface area contributed by atoms with Crippen molar-refractivity contribution in [3.63, 3.8) is 0 Å². The highest BCUT2D eigenvalue weighted by Gasteiger charge is 2.38. The van der Waals surface area contributed by atoms with E-state index >= 15 is 0 Å². The third kappa shape index (κ3) is 12.8. The molecule has 0 aliphatic rings. The first-order chi connectivity index (χ1) is 21.3. The number of nitrogens with two attached hydrogens (primary N) is 3. The number of benzene rings is 3. The number of nitrogens with zero attached hydrogens (tertiary/aromatic N) is 1. The average molecular weight is 629 g/mol. The Morgan fingerprint density at radius 2 is 1.18 bits per heavy atom. The standard InChI is InChI=1S/C29H34N6O3.C2HF3O2/c30-26(36)24(19-20-11-4-1-5-12-20)35-27(37)23(17-10-18-33-29(31)32)34-28(38)25(21-13-6-2-7-14-21)22-15-8-3-9-16-22;3-2(4,5)1(6)7/h1-9,11-16,23-25H,10,17-19H2,(H2,30,36)(H,34,38)(H,35,37)(H4,31,32,33);(H,6,7)/t23-,24-;/m1./s1. The van der Waals surface area contributed by atoms with Crippen LogP contribution in [0.2, 0.25) is 0 Å². The molecule has 0 saturated carbocycles. The van der Waals surface area contributed by atoms with Crippen molar-refractivity contribution in [3.05, 3.63) is 108 Å². The summed E-state index contributed by atoms with van der Waals surface area (Å²) in [6, 6.07) is 26.0. The van der Waals surface area contributed by atoms with Gasteiger partial charge in [-0.15, -0.1) is 0 Å². The van der Waals surface area contributed by atoms with Gasteiger partial charge in [-0.05, 0) is 29.5 Å². The van der Waals surface area contributed by atoms with Gasteiger partial charge in [0.25, 0.3) is 0 Å². The molecular formula is C31H35F3N6O5. The third-order valence-electron chi connectivity index (χ3n) is 6.29. The van der Waals surface area contributed by atoms with E-state index in [9.17, 15) is 27.6 Å². The average Bonchev–Trinajstić information content (AvgIpc) is 2.99. The topological polar surface area (TPSA) is 203 Å². The van der Waals surface area contributed by atoms with Crippen molar-refractivity contribution in [3.8, 4) is 0 Å². The van der Waals surface area contributed by atoms with Gasteiger partial charge in [0.2, 0.25) is 17.7 Å². The molecule has 0 spiro atoms. The Balaban J connectivity index is 0.000000900. The minimum Gasteiger partial charge on any atom is -0.475 e. The number of hydrogen-bond donors (Lipinski definition) is 6. The van der Waals surface area contributed by atoms with Crippen LogP contribution in [0.25, 0.3) is 0 Å². The SMILES string of the molecule is NC(=O)[C@@H](Cc1ccccc1)NC(=O)[C@@H](CCCN=C(N)N)NC(=O)C(c1ccccc1)c1ccccc1.O=C(O)C(F)(F)F. The van der Waals surface area contributed by atoms with Gasteiger partial charge >= 0.3 is 12.1 Å². The maximum Gasteiger partial charge on any atom is 0.490 e. The number of aliphatic imine (C=N–C) groups is 1. The van der Waals surface area contributed by atoms with E-state index in [2.05, 4.69) is 15.6 Å². The minimum atomic E-state index is -5.08. The first kappa shape index (κ1) is 35.8. The molecule has 240 valence electrons. The molecule has 0 heterocycles. The zero-order valence-electron chi connectivity index (χ0n) is 24.1. The summed E-state index contributed by atoms with van der Waals surface area (Å²) in [7, 11) is 0. The van der Waals surface area contributed by atoms with Crippen molar-refractivity contribution in [2.45, 2.75) is 43.4 Å². The quantitative estimate of drug-likeness (QED) is 0.0945. The fourth-order valence-electron chi connectivity index (χ4n) is 4.16. The highest BCUT2D eigenvalue weighted by molar-refractivity contribution is 5.94. The predicted molar refractivity (Wildman–Crippen MR) is 162 cm³/mol. The van der Waals surface area contributed by atoms with E-state index in [1.165, 1.54) is 0 Å². The van der Waals surface area contributed by atoms with Gasteiger partial charge in [0, 0.05) is 13.0 Å². The normalized spacial score (nSPS) is 12.1. The lowest BCUT2D eigenvalue weighted by Crippen LogP contribution is -2.54. The van der Waals surface area contributed by atoms with Crippen LogP contribution in [0.1, 0.15) is 35.4 Å². The molecule has 0 aliphatic carbocycles. The zero-order chi connectivity index (χ0) is 33.4. The molecule has 0 bridgehead atoms. The van der Waals surface area contributed by atoms with Crippen molar-refractivity contribution < 1.29 is 37.5 Å². The maximum atomic E-state index is 13.7. The molecule has 3 aromatic carbocycles. The fraction of sp³-hybridized carbons (Fsp3) is 0.258. The van der Waals surface area contributed by atoms with E-state index < -0.39 is 42.0 Å². The van der Waals surface area contributed by atoms with Crippen LogP contribution in [0.3, 0.4) is 0 Å². The largest absolute Gasteiger partial charge is 0.490 e. The molecule has 0 radical (unpaired) electrons. The molecule has 0 aromatic heterocycles. The summed E-state index contributed by atoms with van der Waals surface area (Å²) in [6.07, 6.45) is -4.17. The molecular weight excluding hydrogens is 593 g/mol. The second-order valence-corrected chi connectivity index (χ2v) is 9.72. The van der Waals surface area contributed by atoms with Crippen LogP contribution >= 0.6 is 0 Å². The first-order valence-electron chi connectivity index (χ1n) is 13.7. The molecule has 45 heavy (non-hydrogen) atoms. The molecule has 3 aromatic rings. The summed E-state index contributed by atoms with van der Waals surface area (Å²) < 4.78 is 31.7. The molecule has 9 N–H and O–H groups in total. The Kier molecular flexibility index (Phi) is 14.0. The summed E-state index contributed by atoms with van der Waals surface area (Å²) >= 11 is 0. The molecule has 3 rings (SSSR count). The number of carbonyl (C=O) groups excluding carboxylic acids is 3. The molecule has 0 aliphatic heterocycles. The van der Waals surface area contributed by atoms with E-state index in [0.717, 1.165) is 16.7 Å². The molecule has 0 fully saturated rings. The number of rotatable bonds is 13. The van der Waals surface area contributed by atoms with E-state index in [4.69, 9.17) is 27.1 Å². The van der Waals surface area contributed by atoms with Crippen LogP contribution in [-0.2, 0) is 25.6 Å². The summed E-state index contributed by atoms with van der Waals surface area (Å²) in [6.45, 7) is 0.284. The molecule has 14 heteroatoms. The Morgan fingerprint density at radius 1 is 0.733 bits per heavy atom. The number of guanidine groups is 1. The van der Waals surface area contributed by atoms with Crippen LogP contribution in [-0.4, -0.2) is 59.6 Å². The Morgan fingerprint density at radius 3 is 1.60 bits per heavy atom. The molecule has 0 unspecified atom stereocenters. The van der Waals surface area contributed by atoms with Gasteiger partial charge < -0.3 is 32.9 Å². The van der Waals surface area contributed by atoms with E-state index in [1.54, 1.807) is 0 Å². The third-order valence-corrected chi connectivity index (χ3v) is 6.29. The van der Waals surface area contributed by atoms with Crippen LogP contribution in [0.5, 0.6) is 0 Å². The molecule has 11 nitrogen and oxygen atoms in total. The number of nitrogens with one attached hydrogen (secondary N) is 2. The summed E-state index contributed by atoms with van der Waals surface area (Å²) in [5.41, 5.74) is 18.9. The lowest BCUT2D eigenvalue weighted by Gasteiger charge is -2.25. The van der Waals surface area contributed by atoms with E-state index in [-0.39, 0.29) is 31.3 Å². The fourth-order valence-corrected chi connectivity index (χ4v) is 4.16. The Labute approximate surface area is 257 Å². The van der Waals surface area contributed by atoms with Crippen molar-refractivity contribution in [1.29, 1.82) is 0 Å². The van der Waals surface area contributed by atoms with Crippen LogP contribution in [0, 0.1) is 0 Å². The lowest BCUT2D eigenvalue weighted by molar-refractivity contribution is -0.192. The number of carboxylic acids is 1. The monoisotopic (exact) mass is 628 g/mol. The molecule has 0 saturated heterocycles. The second-order valence-electron chi connectivity index (χ2n) is 9.72. The van der Waals surface area contributed by atoms with Crippen molar-refractivity contribution in [1.82, 2.24) is 10.6 Å². The highest BCUT2D eigenvalue weighted by Crippen LogP contribution is 2.25.